The van der Waals surface area contributed by atoms with E-state index in [2.05, 4.69) is 0 Å². The Morgan fingerprint density at radius 1 is 1.50 bits per heavy atom. The number of carbonyl (C=O) groups is 1. The summed E-state index contributed by atoms with van der Waals surface area (Å²) in [6, 6.07) is 0.0857. The minimum atomic E-state index is 0.0857. The van der Waals surface area contributed by atoms with E-state index >= 15 is 0 Å². The zero-order valence-corrected chi connectivity index (χ0v) is 9.07. The lowest BCUT2D eigenvalue weighted by Crippen LogP contribution is -2.38. The summed E-state index contributed by atoms with van der Waals surface area (Å²) in [6.45, 7) is 2.63. The molecule has 2 N–H and O–H groups in total. The van der Waals surface area contributed by atoms with E-state index in [1.54, 1.807) is 0 Å². The van der Waals surface area contributed by atoms with Crippen molar-refractivity contribution < 1.29 is 4.79 Å². The second kappa shape index (κ2) is 3.54. The maximum absolute atomic E-state index is 11.9. The van der Waals surface area contributed by atoms with E-state index in [0.717, 1.165) is 11.8 Å². The third-order valence-electron chi connectivity index (χ3n) is 3.63. The number of nitrogens with zero attached hydrogens (tertiary/aromatic N) is 1. The van der Waals surface area contributed by atoms with Crippen LogP contribution in [-0.2, 0) is 4.79 Å². The van der Waals surface area contributed by atoms with Gasteiger partial charge in [0.25, 0.3) is 0 Å². The second-order valence-electron chi connectivity index (χ2n) is 4.98. The van der Waals surface area contributed by atoms with Gasteiger partial charge in [0.2, 0.25) is 5.91 Å². The number of nitrogens with two attached hydrogens (primary N) is 1. The van der Waals surface area contributed by atoms with Gasteiger partial charge < -0.3 is 10.6 Å². The van der Waals surface area contributed by atoms with Crippen LogP contribution in [0, 0.1) is 17.8 Å². The zero-order valence-electron chi connectivity index (χ0n) is 9.07. The lowest BCUT2D eigenvalue weighted by atomic mass is 10.1. The van der Waals surface area contributed by atoms with Crippen LogP contribution in [0.2, 0.25) is 0 Å². The number of likely N-dealkylation sites (N-methyl/N-ethyl adjacent to an activating group) is 1. The smallest absolute Gasteiger partial charge is 0.226 e. The van der Waals surface area contributed by atoms with Crippen molar-refractivity contribution >= 4 is 5.91 Å². The van der Waals surface area contributed by atoms with E-state index in [-0.39, 0.29) is 6.04 Å². The minimum absolute atomic E-state index is 0.0857. The van der Waals surface area contributed by atoms with Gasteiger partial charge in [0.05, 0.1) is 0 Å². The van der Waals surface area contributed by atoms with Crippen LogP contribution in [0.3, 0.4) is 0 Å². The van der Waals surface area contributed by atoms with Crippen molar-refractivity contribution in [1.82, 2.24) is 4.90 Å². The average Bonchev–Trinajstić information content (AvgIpc) is 2.56. The van der Waals surface area contributed by atoms with Crippen molar-refractivity contribution in [1.29, 1.82) is 0 Å². The summed E-state index contributed by atoms with van der Waals surface area (Å²) in [5, 5.41) is 0. The molecule has 0 aromatic carbocycles. The molecule has 2 fully saturated rings. The summed E-state index contributed by atoms with van der Waals surface area (Å²) in [7, 11) is 1.87. The lowest BCUT2D eigenvalue weighted by molar-refractivity contribution is -0.132. The molecule has 0 saturated heterocycles. The minimum Gasteiger partial charge on any atom is -0.344 e. The van der Waals surface area contributed by atoms with Crippen molar-refractivity contribution in [3.05, 3.63) is 0 Å². The van der Waals surface area contributed by atoms with E-state index in [4.69, 9.17) is 5.73 Å². The Balaban J connectivity index is 1.84. The monoisotopic (exact) mass is 196 g/mol. The van der Waals surface area contributed by atoms with Gasteiger partial charge in [-0.15, -0.1) is 0 Å². The zero-order chi connectivity index (χ0) is 10.3. The van der Waals surface area contributed by atoms with Gasteiger partial charge >= 0.3 is 0 Å². The van der Waals surface area contributed by atoms with Gasteiger partial charge in [-0.25, -0.2) is 0 Å². The maximum atomic E-state index is 11.9. The molecule has 80 valence electrons. The molecule has 0 aromatic heterocycles. The highest BCUT2D eigenvalue weighted by Gasteiger charge is 2.57. The van der Waals surface area contributed by atoms with Crippen molar-refractivity contribution in [3.8, 4) is 0 Å². The Hall–Kier alpha value is -0.570. The fraction of sp³-hybridized carbons (Fsp3) is 0.909. The maximum Gasteiger partial charge on any atom is 0.226 e. The predicted molar refractivity (Wildman–Crippen MR) is 55.6 cm³/mol. The standard InChI is InChI=1S/C11H20N2O/c1-7(12)6-13(2)11(14)10-8-4-3-5-9(8)10/h7-10H,3-6,12H2,1-2H3. The van der Waals surface area contributed by atoms with E-state index in [0.29, 0.717) is 18.4 Å². The molecule has 3 heteroatoms. The van der Waals surface area contributed by atoms with E-state index in [9.17, 15) is 4.79 Å². The molecule has 14 heavy (non-hydrogen) atoms. The molecule has 2 aliphatic carbocycles. The van der Waals surface area contributed by atoms with Gasteiger partial charge in [-0.05, 0) is 31.6 Å². The first kappa shape index (κ1) is 9.97. The normalized spacial score (nSPS) is 36.4. The summed E-state index contributed by atoms with van der Waals surface area (Å²) in [4.78, 5) is 13.7. The molecule has 0 aliphatic heterocycles. The molecule has 0 spiro atoms. The Morgan fingerprint density at radius 3 is 2.57 bits per heavy atom. The topological polar surface area (TPSA) is 46.3 Å². The predicted octanol–water partition coefficient (Wildman–Crippen LogP) is 0.838. The summed E-state index contributed by atoms with van der Waals surface area (Å²) in [5.41, 5.74) is 5.67. The summed E-state index contributed by atoms with van der Waals surface area (Å²) in [6.07, 6.45) is 3.87. The SMILES string of the molecule is CC(N)CN(C)C(=O)C1C2CCCC21. The van der Waals surface area contributed by atoms with Gasteiger partial charge in [0.1, 0.15) is 0 Å². The van der Waals surface area contributed by atoms with Gasteiger partial charge in [0, 0.05) is 25.6 Å². The number of fused-ring (bicyclic) bond motifs is 1. The van der Waals surface area contributed by atoms with E-state index in [1.165, 1.54) is 19.3 Å². The molecule has 2 rings (SSSR count). The van der Waals surface area contributed by atoms with Crippen molar-refractivity contribution in [2.45, 2.75) is 32.2 Å². The van der Waals surface area contributed by atoms with Gasteiger partial charge in [-0.1, -0.05) is 6.42 Å². The number of rotatable bonds is 3. The van der Waals surface area contributed by atoms with Crippen molar-refractivity contribution in [3.63, 3.8) is 0 Å². The quantitative estimate of drug-likeness (QED) is 0.727. The van der Waals surface area contributed by atoms with Crippen LogP contribution >= 0.6 is 0 Å². The third-order valence-corrected chi connectivity index (χ3v) is 3.63. The first-order valence-electron chi connectivity index (χ1n) is 5.62. The van der Waals surface area contributed by atoms with Crippen LogP contribution < -0.4 is 5.73 Å². The van der Waals surface area contributed by atoms with Crippen molar-refractivity contribution in [2.75, 3.05) is 13.6 Å². The van der Waals surface area contributed by atoms with E-state index < -0.39 is 0 Å². The highest BCUT2D eigenvalue weighted by Crippen LogP contribution is 2.57. The number of amides is 1. The average molecular weight is 196 g/mol. The number of carbonyl (C=O) groups excluding carboxylic acids is 1. The molecule has 3 unspecified atom stereocenters. The number of hydrogen-bond donors (Lipinski definition) is 1. The van der Waals surface area contributed by atoms with E-state index in [1.807, 2.05) is 18.9 Å². The summed E-state index contributed by atoms with van der Waals surface area (Å²) in [5.74, 6) is 2.13. The first-order valence-corrected chi connectivity index (χ1v) is 5.62. The molecule has 2 saturated carbocycles. The third kappa shape index (κ3) is 1.65. The number of hydrogen-bond acceptors (Lipinski definition) is 2. The molecule has 0 bridgehead atoms. The molecular formula is C11H20N2O. The Labute approximate surface area is 85.6 Å². The molecule has 0 aromatic rings. The Bertz CT molecular complexity index is 229. The molecule has 2 aliphatic rings. The van der Waals surface area contributed by atoms with Gasteiger partial charge in [-0.3, -0.25) is 4.79 Å². The fourth-order valence-corrected chi connectivity index (χ4v) is 2.96. The van der Waals surface area contributed by atoms with Crippen LogP contribution in [0.1, 0.15) is 26.2 Å². The van der Waals surface area contributed by atoms with Crippen LogP contribution in [0.25, 0.3) is 0 Å². The largest absolute Gasteiger partial charge is 0.344 e. The fourth-order valence-electron chi connectivity index (χ4n) is 2.96. The van der Waals surface area contributed by atoms with Crippen LogP contribution in [-0.4, -0.2) is 30.4 Å². The highest BCUT2D eigenvalue weighted by molar-refractivity contribution is 5.82. The molecule has 0 radical (unpaired) electrons. The molecule has 3 nitrogen and oxygen atoms in total. The van der Waals surface area contributed by atoms with Crippen molar-refractivity contribution in [2.24, 2.45) is 23.5 Å². The van der Waals surface area contributed by atoms with Crippen LogP contribution in [0.4, 0.5) is 0 Å². The second-order valence-corrected chi connectivity index (χ2v) is 4.98. The highest BCUT2D eigenvalue weighted by atomic mass is 16.2. The van der Waals surface area contributed by atoms with Gasteiger partial charge in [-0.2, -0.15) is 0 Å². The molecule has 0 heterocycles. The van der Waals surface area contributed by atoms with Gasteiger partial charge in [0.15, 0.2) is 0 Å². The summed E-state index contributed by atoms with van der Waals surface area (Å²) >= 11 is 0. The Morgan fingerprint density at radius 2 is 2.07 bits per heavy atom. The summed E-state index contributed by atoms with van der Waals surface area (Å²) < 4.78 is 0. The van der Waals surface area contributed by atoms with Crippen LogP contribution in [0.15, 0.2) is 0 Å². The molecule has 3 atom stereocenters. The first-order chi connectivity index (χ1) is 6.61. The van der Waals surface area contributed by atoms with Crippen LogP contribution in [0.5, 0.6) is 0 Å². The Kier molecular flexibility index (Phi) is 2.52. The molecule has 1 amide bonds. The lowest BCUT2D eigenvalue weighted by Gasteiger charge is -2.20. The molecular weight excluding hydrogens is 176 g/mol.